The average molecular weight is 302 g/mol. The van der Waals surface area contributed by atoms with E-state index in [0.717, 1.165) is 22.6 Å². The molecule has 0 aliphatic rings. The fourth-order valence-corrected chi connectivity index (χ4v) is 3.00. The maximum atomic E-state index is 6.06. The van der Waals surface area contributed by atoms with Crippen LogP contribution in [-0.2, 0) is 6.42 Å². The molecule has 96 valence electrons. The Morgan fingerprint density at radius 1 is 1.33 bits per heavy atom. The second kappa shape index (κ2) is 5.97. The Balaban J connectivity index is 2.42. The van der Waals surface area contributed by atoms with Gasteiger partial charge in [0.25, 0.3) is 0 Å². The van der Waals surface area contributed by atoms with Crippen molar-refractivity contribution in [1.29, 1.82) is 0 Å². The quantitative estimate of drug-likeness (QED) is 0.935. The topological polar surface area (TPSA) is 37.8 Å². The number of aromatic nitrogens is 2. The molecule has 0 radical (unpaired) electrons. The third kappa shape index (κ3) is 2.67. The highest BCUT2D eigenvalue weighted by Gasteiger charge is 2.19. The van der Waals surface area contributed by atoms with Gasteiger partial charge >= 0.3 is 0 Å². The number of hydrogen-bond acceptors (Lipinski definition) is 4. The highest BCUT2D eigenvalue weighted by Crippen LogP contribution is 2.31. The first kappa shape index (κ1) is 13.7. The summed E-state index contributed by atoms with van der Waals surface area (Å²) in [7, 11) is 1.91. The van der Waals surface area contributed by atoms with Crippen molar-refractivity contribution in [2.45, 2.75) is 19.4 Å². The molecule has 0 spiro atoms. The van der Waals surface area contributed by atoms with Gasteiger partial charge in [0.05, 0.1) is 26.7 Å². The predicted molar refractivity (Wildman–Crippen MR) is 76.7 cm³/mol. The number of aryl methyl sites for hydroxylation is 1. The minimum absolute atomic E-state index is 0.0507. The van der Waals surface area contributed by atoms with Crippen LogP contribution in [0, 0.1) is 0 Å². The van der Waals surface area contributed by atoms with Crippen molar-refractivity contribution in [3.63, 3.8) is 0 Å². The normalized spacial score (nSPS) is 12.7. The molecule has 1 heterocycles. The predicted octanol–water partition coefficient (Wildman–Crippen LogP) is 3.72. The molecule has 1 unspecified atom stereocenters. The summed E-state index contributed by atoms with van der Waals surface area (Å²) in [5, 5.41) is 8.53. The monoisotopic (exact) mass is 301 g/mol. The van der Waals surface area contributed by atoms with E-state index >= 15 is 0 Å². The molecule has 3 nitrogen and oxygen atoms in total. The van der Waals surface area contributed by atoms with E-state index in [2.05, 4.69) is 21.8 Å². The average Bonchev–Trinajstić information content (AvgIpc) is 2.83. The van der Waals surface area contributed by atoms with Gasteiger partial charge in [0, 0.05) is 0 Å². The molecule has 2 rings (SSSR count). The maximum absolute atomic E-state index is 6.06. The van der Waals surface area contributed by atoms with Crippen LogP contribution in [0.5, 0.6) is 0 Å². The molecule has 6 heteroatoms. The van der Waals surface area contributed by atoms with Gasteiger partial charge in [-0.25, -0.2) is 0 Å². The SMILES string of the molecule is CCc1nnsc1C(NC)c1ccc(Cl)c(Cl)c1. The lowest BCUT2D eigenvalue weighted by molar-refractivity contribution is 0.693. The fraction of sp³-hybridized carbons (Fsp3) is 0.333. The number of nitrogens with one attached hydrogen (secondary N) is 1. The summed E-state index contributed by atoms with van der Waals surface area (Å²) in [5.74, 6) is 0. The van der Waals surface area contributed by atoms with Crippen molar-refractivity contribution in [2.75, 3.05) is 7.05 Å². The van der Waals surface area contributed by atoms with Gasteiger partial charge in [-0.3, -0.25) is 0 Å². The molecule has 0 aliphatic carbocycles. The lowest BCUT2D eigenvalue weighted by atomic mass is 10.0. The van der Waals surface area contributed by atoms with E-state index in [0.29, 0.717) is 10.0 Å². The molecule has 0 fully saturated rings. The lowest BCUT2D eigenvalue weighted by Gasteiger charge is -2.16. The van der Waals surface area contributed by atoms with Crippen LogP contribution in [0.2, 0.25) is 10.0 Å². The zero-order chi connectivity index (χ0) is 13.1. The second-order valence-electron chi connectivity index (χ2n) is 3.83. The minimum Gasteiger partial charge on any atom is -0.309 e. The molecule has 0 aliphatic heterocycles. The first-order valence-corrected chi connectivity index (χ1v) is 7.13. The number of nitrogens with zero attached hydrogens (tertiary/aromatic N) is 2. The van der Waals surface area contributed by atoms with Gasteiger partial charge in [0.15, 0.2) is 0 Å². The molecule has 1 aromatic carbocycles. The first-order chi connectivity index (χ1) is 8.67. The van der Waals surface area contributed by atoms with Crippen molar-refractivity contribution in [3.8, 4) is 0 Å². The summed E-state index contributed by atoms with van der Waals surface area (Å²) in [5.41, 5.74) is 2.08. The number of halogens is 2. The summed E-state index contributed by atoms with van der Waals surface area (Å²) in [4.78, 5) is 1.12. The Morgan fingerprint density at radius 3 is 2.72 bits per heavy atom. The van der Waals surface area contributed by atoms with Crippen molar-refractivity contribution in [3.05, 3.63) is 44.4 Å². The fourth-order valence-electron chi connectivity index (χ4n) is 1.82. The summed E-state index contributed by atoms with van der Waals surface area (Å²) in [6.07, 6.45) is 0.866. The molecule has 0 saturated carbocycles. The van der Waals surface area contributed by atoms with Crippen LogP contribution in [0.4, 0.5) is 0 Å². The third-order valence-electron chi connectivity index (χ3n) is 2.75. The first-order valence-electron chi connectivity index (χ1n) is 5.60. The number of benzene rings is 1. The van der Waals surface area contributed by atoms with Gasteiger partial charge in [-0.05, 0) is 42.7 Å². The molecule has 0 amide bonds. The Kier molecular flexibility index (Phi) is 4.56. The minimum atomic E-state index is 0.0507. The number of hydrogen-bond donors (Lipinski definition) is 1. The van der Waals surface area contributed by atoms with E-state index in [1.54, 1.807) is 0 Å². The molecule has 2 aromatic rings. The van der Waals surface area contributed by atoms with E-state index in [4.69, 9.17) is 23.2 Å². The van der Waals surface area contributed by atoms with Gasteiger partial charge in [-0.1, -0.05) is 40.7 Å². The molecule has 1 atom stereocenters. The molecule has 18 heavy (non-hydrogen) atoms. The largest absolute Gasteiger partial charge is 0.309 e. The Hall–Kier alpha value is -0.680. The van der Waals surface area contributed by atoms with E-state index in [9.17, 15) is 0 Å². The van der Waals surface area contributed by atoms with Crippen molar-refractivity contribution in [2.24, 2.45) is 0 Å². The van der Waals surface area contributed by atoms with Crippen LogP contribution in [0.3, 0.4) is 0 Å². The number of rotatable bonds is 4. The summed E-state index contributed by atoms with van der Waals surface area (Å²) in [6, 6.07) is 5.71. The molecule has 1 N–H and O–H groups in total. The van der Waals surface area contributed by atoms with E-state index in [-0.39, 0.29) is 6.04 Å². The van der Waals surface area contributed by atoms with E-state index in [1.165, 1.54) is 11.5 Å². The van der Waals surface area contributed by atoms with Crippen molar-refractivity contribution >= 4 is 34.7 Å². The second-order valence-corrected chi connectivity index (χ2v) is 5.43. The van der Waals surface area contributed by atoms with Gasteiger partial charge in [0.2, 0.25) is 0 Å². The highest BCUT2D eigenvalue weighted by atomic mass is 35.5. The lowest BCUT2D eigenvalue weighted by Crippen LogP contribution is -2.17. The van der Waals surface area contributed by atoms with Crippen LogP contribution in [0.25, 0.3) is 0 Å². The van der Waals surface area contributed by atoms with Gasteiger partial charge < -0.3 is 5.32 Å². The van der Waals surface area contributed by atoms with Crippen LogP contribution in [0.1, 0.15) is 29.1 Å². The summed E-state index contributed by atoms with van der Waals surface area (Å²) >= 11 is 13.4. The van der Waals surface area contributed by atoms with Crippen LogP contribution < -0.4 is 5.32 Å². The Labute approximate surface area is 120 Å². The molecular formula is C12H13Cl2N3S. The van der Waals surface area contributed by atoms with Gasteiger partial charge in [-0.15, -0.1) is 5.10 Å². The van der Waals surface area contributed by atoms with Crippen LogP contribution in [0.15, 0.2) is 18.2 Å². The highest BCUT2D eigenvalue weighted by molar-refractivity contribution is 7.05. The van der Waals surface area contributed by atoms with Crippen molar-refractivity contribution < 1.29 is 0 Å². The van der Waals surface area contributed by atoms with Crippen LogP contribution >= 0.6 is 34.7 Å². The van der Waals surface area contributed by atoms with E-state index in [1.807, 2.05) is 25.2 Å². The summed E-state index contributed by atoms with van der Waals surface area (Å²) < 4.78 is 4.02. The Bertz CT molecular complexity index is 542. The van der Waals surface area contributed by atoms with Gasteiger partial charge in [-0.2, -0.15) is 0 Å². The third-order valence-corrected chi connectivity index (χ3v) is 4.32. The van der Waals surface area contributed by atoms with E-state index < -0.39 is 0 Å². The smallest absolute Gasteiger partial charge is 0.0804 e. The van der Waals surface area contributed by atoms with Crippen molar-refractivity contribution in [1.82, 2.24) is 14.9 Å². The molecular weight excluding hydrogens is 289 g/mol. The standard InChI is InChI=1S/C12H13Cl2N3S/c1-3-10-12(18-17-16-10)11(15-2)7-4-5-8(13)9(14)6-7/h4-6,11,15H,3H2,1-2H3. The zero-order valence-corrected chi connectivity index (χ0v) is 12.4. The molecule has 0 bridgehead atoms. The van der Waals surface area contributed by atoms with Gasteiger partial charge in [0.1, 0.15) is 0 Å². The maximum Gasteiger partial charge on any atom is 0.0804 e. The Morgan fingerprint density at radius 2 is 2.11 bits per heavy atom. The summed E-state index contributed by atoms with van der Waals surface area (Å²) in [6.45, 7) is 2.07. The molecule has 1 aromatic heterocycles. The molecule has 0 saturated heterocycles. The van der Waals surface area contributed by atoms with Crippen LogP contribution in [-0.4, -0.2) is 16.6 Å². The zero-order valence-electron chi connectivity index (χ0n) is 10.1.